The molecule has 0 aromatic heterocycles. The SMILES string of the molecule is CC/C(C(=O)OC)=C1/C[C@H](C)CN1.CCC.O. The Kier molecular flexibility index (Phi) is 10.9. The third-order valence-electron chi connectivity index (χ3n) is 2.37. The average molecular weight is 245 g/mol. The molecule has 3 N–H and O–H groups in total. The molecule has 0 unspecified atom stereocenters. The zero-order valence-electron chi connectivity index (χ0n) is 11.7. The van der Waals surface area contributed by atoms with Gasteiger partial charge in [0.05, 0.1) is 12.7 Å². The lowest BCUT2D eigenvalue weighted by Crippen LogP contribution is -2.13. The van der Waals surface area contributed by atoms with Crippen LogP contribution < -0.4 is 5.32 Å². The van der Waals surface area contributed by atoms with Crippen LogP contribution in [0.4, 0.5) is 0 Å². The van der Waals surface area contributed by atoms with Gasteiger partial charge in [-0.2, -0.15) is 0 Å². The van der Waals surface area contributed by atoms with E-state index in [1.807, 2.05) is 6.92 Å². The van der Waals surface area contributed by atoms with Gasteiger partial charge in [-0.05, 0) is 18.8 Å². The first-order chi connectivity index (χ1) is 7.60. The maximum absolute atomic E-state index is 11.3. The fourth-order valence-electron chi connectivity index (χ4n) is 1.62. The van der Waals surface area contributed by atoms with Crippen LogP contribution in [-0.4, -0.2) is 25.1 Å². The number of esters is 1. The van der Waals surface area contributed by atoms with Gasteiger partial charge in [-0.15, -0.1) is 0 Å². The summed E-state index contributed by atoms with van der Waals surface area (Å²) in [5.74, 6) is 0.431. The van der Waals surface area contributed by atoms with Crippen molar-refractivity contribution in [3.8, 4) is 0 Å². The molecule has 0 aromatic rings. The van der Waals surface area contributed by atoms with E-state index in [0.29, 0.717) is 5.92 Å². The van der Waals surface area contributed by atoms with Gasteiger partial charge in [0.1, 0.15) is 0 Å². The molecule has 0 saturated carbocycles. The first kappa shape index (κ1) is 18.3. The number of hydrogen-bond acceptors (Lipinski definition) is 3. The molecule has 0 radical (unpaired) electrons. The molecule has 0 aromatic carbocycles. The summed E-state index contributed by atoms with van der Waals surface area (Å²) < 4.78 is 4.71. The van der Waals surface area contributed by atoms with Crippen molar-refractivity contribution in [3.63, 3.8) is 0 Å². The van der Waals surface area contributed by atoms with Gasteiger partial charge in [0, 0.05) is 12.2 Å². The Morgan fingerprint density at radius 3 is 2.24 bits per heavy atom. The molecule has 1 heterocycles. The van der Waals surface area contributed by atoms with E-state index in [0.717, 1.165) is 30.7 Å². The van der Waals surface area contributed by atoms with Gasteiger partial charge in [-0.3, -0.25) is 0 Å². The molecule has 1 fully saturated rings. The summed E-state index contributed by atoms with van der Waals surface area (Å²) in [5, 5.41) is 3.25. The molecular weight excluding hydrogens is 218 g/mol. The second-order valence-corrected chi connectivity index (χ2v) is 4.20. The standard InChI is InChI=1S/C10H17NO2.C3H8.H2O/c1-4-8(10(12)13-3)9-5-7(2)6-11-9;1-3-2;/h7,11H,4-6H2,1-3H3;3H2,1-2H3;1H2/b9-8+;;/t7-;;/m0../s1. The highest BCUT2D eigenvalue weighted by molar-refractivity contribution is 5.89. The maximum Gasteiger partial charge on any atom is 0.335 e. The monoisotopic (exact) mass is 245 g/mol. The van der Waals surface area contributed by atoms with Crippen molar-refractivity contribution in [2.24, 2.45) is 5.92 Å². The van der Waals surface area contributed by atoms with Crippen LogP contribution in [0.2, 0.25) is 0 Å². The molecule has 1 rings (SSSR count). The van der Waals surface area contributed by atoms with Crippen LogP contribution in [0.15, 0.2) is 11.3 Å². The van der Waals surface area contributed by atoms with E-state index in [-0.39, 0.29) is 11.4 Å². The van der Waals surface area contributed by atoms with Gasteiger partial charge in [0.2, 0.25) is 0 Å². The summed E-state index contributed by atoms with van der Waals surface area (Å²) >= 11 is 0. The molecule has 0 aliphatic carbocycles. The van der Waals surface area contributed by atoms with Crippen molar-refractivity contribution in [2.75, 3.05) is 13.7 Å². The minimum atomic E-state index is -0.195. The molecule has 1 saturated heterocycles. The Labute approximate surface area is 105 Å². The number of methoxy groups -OCH3 is 1. The molecule has 17 heavy (non-hydrogen) atoms. The van der Waals surface area contributed by atoms with Crippen LogP contribution in [0.25, 0.3) is 0 Å². The first-order valence-corrected chi connectivity index (χ1v) is 6.14. The molecule has 102 valence electrons. The van der Waals surface area contributed by atoms with E-state index in [1.165, 1.54) is 13.5 Å². The van der Waals surface area contributed by atoms with E-state index in [1.54, 1.807) is 0 Å². The molecule has 4 nitrogen and oxygen atoms in total. The van der Waals surface area contributed by atoms with Crippen LogP contribution in [-0.2, 0) is 9.53 Å². The number of carbonyl (C=O) groups is 1. The summed E-state index contributed by atoms with van der Waals surface area (Å²) in [5.41, 5.74) is 1.87. The smallest absolute Gasteiger partial charge is 0.335 e. The highest BCUT2D eigenvalue weighted by atomic mass is 16.5. The normalized spacial score (nSPS) is 20.4. The van der Waals surface area contributed by atoms with E-state index < -0.39 is 0 Å². The number of allylic oxidation sites excluding steroid dienone is 1. The number of carbonyl (C=O) groups excluding carboxylic acids is 1. The summed E-state index contributed by atoms with van der Waals surface area (Å²) in [6, 6.07) is 0. The molecular formula is C13H27NO3. The second kappa shape index (κ2) is 10.1. The summed E-state index contributed by atoms with van der Waals surface area (Å²) in [7, 11) is 1.43. The summed E-state index contributed by atoms with van der Waals surface area (Å²) in [6.45, 7) is 9.37. The molecule has 0 spiro atoms. The van der Waals surface area contributed by atoms with Crippen LogP contribution in [0.3, 0.4) is 0 Å². The Hall–Kier alpha value is -1.03. The largest absolute Gasteiger partial charge is 0.466 e. The van der Waals surface area contributed by atoms with Crippen LogP contribution in [0, 0.1) is 5.92 Å². The van der Waals surface area contributed by atoms with Gasteiger partial charge in [-0.1, -0.05) is 34.1 Å². The van der Waals surface area contributed by atoms with Crippen molar-refractivity contribution in [1.82, 2.24) is 5.32 Å². The average Bonchev–Trinajstić information content (AvgIpc) is 2.67. The molecule has 0 bridgehead atoms. The van der Waals surface area contributed by atoms with E-state index in [9.17, 15) is 4.79 Å². The topological polar surface area (TPSA) is 69.8 Å². The van der Waals surface area contributed by atoms with Crippen LogP contribution in [0.5, 0.6) is 0 Å². The second-order valence-electron chi connectivity index (χ2n) is 4.20. The minimum Gasteiger partial charge on any atom is -0.466 e. The lowest BCUT2D eigenvalue weighted by Gasteiger charge is -2.06. The van der Waals surface area contributed by atoms with Crippen molar-refractivity contribution >= 4 is 5.97 Å². The highest BCUT2D eigenvalue weighted by Crippen LogP contribution is 2.21. The fourth-order valence-corrected chi connectivity index (χ4v) is 1.62. The van der Waals surface area contributed by atoms with Crippen molar-refractivity contribution in [1.29, 1.82) is 0 Å². The van der Waals surface area contributed by atoms with E-state index in [2.05, 4.69) is 26.1 Å². The maximum atomic E-state index is 11.3. The lowest BCUT2D eigenvalue weighted by molar-refractivity contribution is -0.136. The predicted octanol–water partition coefficient (Wildman–Crippen LogP) is 2.04. The zero-order chi connectivity index (χ0) is 12.6. The molecule has 1 aliphatic heterocycles. The van der Waals surface area contributed by atoms with Gasteiger partial charge in [0.25, 0.3) is 0 Å². The number of hydrogen-bond donors (Lipinski definition) is 1. The quantitative estimate of drug-likeness (QED) is 0.598. The first-order valence-electron chi connectivity index (χ1n) is 6.14. The third-order valence-corrected chi connectivity index (χ3v) is 2.37. The number of rotatable bonds is 2. The van der Waals surface area contributed by atoms with E-state index in [4.69, 9.17) is 4.74 Å². The molecule has 4 heteroatoms. The van der Waals surface area contributed by atoms with Crippen molar-refractivity contribution in [2.45, 2.75) is 47.0 Å². The molecule has 1 aliphatic rings. The lowest BCUT2D eigenvalue weighted by atomic mass is 10.1. The highest BCUT2D eigenvalue weighted by Gasteiger charge is 2.21. The summed E-state index contributed by atoms with van der Waals surface area (Å²) in [4.78, 5) is 11.3. The van der Waals surface area contributed by atoms with Crippen molar-refractivity contribution in [3.05, 3.63) is 11.3 Å². The Balaban J connectivity index is 0. The summed E-state index contributed by atoms with van der Waals surface area (Å²) in [6.07, 6.45) is 2.96. The van der Waals surface area contributed by atoms with Gasteiger partial charge in [0.15, 0.2) is 0 Å². The zero-order valence-corrected chi connectivity index (χ0v) is 11.7. The van der Waals surface area contributed by atoms with Crippen molar-refractivity contribution < 1.29 is 15.0 Å². The fraction of sp³-hybridized carbons (Fsp3) is 0.769. The predicted molar refractivity (Wildman–Crippen MR) is 70.7 cm³/mol. The van der Waals surface area contributed by atoms with Gasteiger partial charge >= 0.3 is 5.97 Å². The number of nitrogens with one attached hydrogen (secondary N) is 1. The van der Waals surface area contributed by atoms with Crippen LogP contribution in [0.1, 0.15) is 47.0 Å². The Bertz CT molecular complexity index is 249. The van der Waals surface area contributed by atoms with E-state index >= 15 is 0 Å². The Morgan fingerprint density at radius 1 is 1.41 bits per heavy atom. The Morgan fingerprint density at radius 2 is 1.94 bits per heavy atom. The van der Waals surface area contributed by atoms with Gasteiger partial charge < -0.3 is 15.5 Å². The molecule has 0 amide bonds. The molecule has 1 atom stereocenters. The van der Waals surface area contributed by atoms with Crippen LogP contribution >= 0.6 is 0 Å². The minimum absolute atomic E-state index is 0. The van der Waals surface area contributed by atoms with Gasteiger partial charge in [-0.25, -0.2) is 4.79 Å². The number of ether oxygens (including phenoxy) is 1. The third kappa shape index (κ3) is 6.31.